The summed E-state index contributed by atoms with van der Waals surface area (Å²) in [6.07, 6.45) is 2.98. The first-order valence-corrected chi connectivity index (χ1v) is 12.2. The van der Waals surface area contributed by atoms with Gasteiger partial charge in [0.05, 0.1) is 17.8 Å². The number of aryl methyl sites for hydroxylation is 2. The van der Waals surface area contributed by atoms with Gasteiger partial charge in [-0.05, 0) is 61.9 Å². The first kappa shape index (κ1) is 22.4. The zero-order valence-electron chi connectivity index (χ0n) is 20.3. The molecule has 0 N–H and O–H groups in total. The number of hydrogen-bond donors (Lipinski definition) is 0. The minimum absolute atomic E-state index is 0.0411. The van der Waals surface area contributed by atoms with Crippen LogP contribution in [-0.2, 0) is 13.0 Å². The fourth-order valence-electron chi connectivity index (χ4n) is 4.75. The topological polar surface area (TPSA) is 58.6 Å². The number of fused-ring (bicyclic) bond motifs is 1. The Morgan fingerprint density at radius 2 is 1.79 bits per heavy atom. The average Bonchev–Trinajstić information content (AvgIpc) is 2.84. The molecule has 1 aromatic heterocycles. The van der Waals surface area contributed by atoms with E-state index in [1.807, 2.05) is 67.3 Å². The third-order valence-corrected chi connectivity index (χ3v) is 6.94. The molecule has 2 aromatic carbocycles. The highest BCUT2D eigenvalue weighted by Gasteiger charge is 2.29. The number of carbonyl (C=O) groups is 1. The molecule has 0 unspecified atom stereocenters. The molecular formula is C28H32N4O2. The van der Waals surface area contributed by atoms with E-state index in [2.05, 4.69) is 11.8 Å². The fraction of sp³-hybridized carbons (Fsp3) is 0.393. The van der Waals surface area contributed by atoms with Crippen molar-refractivity contribution in [3.8, 4) is 11.6 Å². The Balaban J connectivity index is 1.49. The lowest BCUT2D eigenvalue weighted by atomic mass is 9.99. The highest BCUT2D eigenvalue weighted by Crippen LogP contribution is 2.33. The van der Waals surface area contributed by atoms with Gasteiger partial charge >= 0.3 is 0 Å². The van der Waals surface area contributed by atoms with Gasteiger partial charge in [0.1, 0.15) is 5.75 Å². The second-order valence-corrected chi connectivity index (χ2v) is 9.63. The van der Waals surface area contributed by atoms with Gasteiger partial charge in [-0.1, -0.05) is 37.3 Å². The summed E-state index contributed by atoms with van der Waals surface area (Å²) in [5.41, 5.74) is 4.75. The Bertz CT molecular complexity index is 1200. The Hall–Kier alpha value is -3.41. The standard InChI is InChI=1S/C28H32N4O2/c1-19-11-14-31(15-12-19)28-29-25-13-16-32(27(33)23-10-5-4-8-21(23)3)18-24(25)26(30-28)34-22-9-6-7-20(2)17-22/h4-10,17,19H,11-16,18H2,1-3H3. The molecule has 0 radical (unpaired) electrons. The predicted octanol–water partition coefficient (Wildman–Crippen LogP) is 5.32. The largest absolute Gasteiger partial charge is 0.438 e. The van der Waals surface area contributed by atoms with E-state index < -0.39 is 0 Å². The van der Waals surface area contributed by atoms with Gasteiger partial charge in [-0.3, -0.25) is 4.79 Å². The van der Waals surface area contributed by atoms with Crippen molar-refractivity contribution in [1.29, 1.82) is 0 Å². The third kappa shape index (κ3) is 4.63. The molecule has 34 heavy (non-hydrogen) atoms. The Labute approximate surface area is 201 Å². The minimum Gasteiger partial charge on any atom is -0.438 e. The molecule has 0 atom stereocenters. The summed E-state index contributed by atoms with van der Waals surface area (Å²) in [5, 5.41) is 0. The molecule has 5 rings (SSSR count). The van der Waals surface area contributed by atoms with E-state index in [9.17, 15) is 4.79 Å². The van der Waals surface area contributed by atoms with Gasteiger partial charge in [-0.15, -0.1) is 0 Å². The van der Waals surface area contributed by atoms with E-state index in [0.717, 1.165) is 71.5 Å². The van der Waals surface area contributed by atoms with Crippen molar-refractivity contribution in [2.45, 2.75) is 46.6 Å². The van der Waals surface area contributed by atoms with Crippen LogP contribution < -0.4 is 9.64 Å². The van der Waals surface area contributed by atoms with Crippen LogP contribution >= 0.6 is 0 Å². The second kappa shape index (κ2) is 9.45. The van der Waals surface area contributed by atoms with E-state index in [1.165, 1.54) is 0 Å². The van der Waals surface area contributed by atoms with Crippen LogP contribution in [0.1, 0.15) is 52.5 Å². The minimum atomic E-state index is 0.0411. The third-order valence-electron chi connectivity index (χ3n) is 6.94. The van der Waals surface area contributed by atoms with Crippen molar-refractivity contribution in [1.82, 2.24) is 14.9 Å². The smallest absolute Gasteiger partial charge is 0.254 e. The molecule has 3 heterocycles. The Morgan fingerprint density at radius 3 is 2.56 bits per heavy atom. The van der Waals surface area contributed by atoms with E-state index in [0.29, 0.717) is 25.4 Å². The molecule has 6 nitrogen and oxygen atoms in total. The van der Waals surface area contributed by atoms with Gasteiger partial charge < -0.3 is 14.5 Å². The number of benzene rings is 2. The molecule has 0 spiro atoms. The number of ether oxygens (including phenoxy) is 1. The van der Waals surface area contributed by atoms with Gasteiger partial charge in [0.2, 0.25) is 11.8 Å². The Kier molecular flexibility index (Phi) is 6.22. The maximum atomic E-state index is 13.3. The first-order chi connectivity index (χ1) is 16.5. The SMILES string of the molecule is Cc1cccc(Oc2nc(N3CCC(C)CC3)nc3c2CN(C(=O)c2ccccc2C)CC3)c1. The number of rotatable bonds is 4. The van der Waals surface area contributed by atoms with E-state index >= 15 is 0 Å². The number of piperidine rings is 1. The first-order valence-electron chi connectivity index (χ1n) is 12.2. The van der Waals surface area contributed by atoms with E-state index in [4.69, 9.17) is 14.7 Å². The molecule has 0 aliphatic carbocycles. The highest BCUT2D eigenvalue weighted by molar-refractivity contribution is 5.95. The van der Waals surface area contributed by atoms with Crippen LogP contribution in [0.15, 0.2) is 48.5 Å². The summed E-state index contributed by atoms with van der Waals surface area (Å²) in [7, 11) is 0. The summed E-state index contributed by atoms with van der Waals surface area (Å²) in [5.74, 6) is 2.83. The normalized spacial score (nSPS) is 16.3. The molecule has 1 amide bonds. The number of anilines is 1. The van der Waals surface area contributed by atoms with Crippen LogP contribution in [0.5, 0.6) is 11.6 Å². The molecule has 1 saturated heterocycles. The van der Waals surface area contributed by atoms with Crippen LogP contribution in [0.2, 0.25) is 0 Å². The van der Waals surface area contributed by atoms with Gasteiger partial charge in [0.15, 0.2) is 0 Å². The number of amides is 1. The molecule has 0 bridgehead atoms. The van der Waals surface area contributed by atoms with Crippen molar-refractivity contribution < 1.29 is 9.53 Å². The maximum Gasteiger partial charge on any atom is 0.254 e. The van der Waals surface area contributed by atoms with Gasteiger partial charge in [-0.2, -0.15) is 4.98 Å². The monoisotopic (exact) mass is 456 g/mol. The lowest BCUT2D eigenvalue weighted by Gasteiger charge is -2.33. The highest BCUT2D eigenvalue weighted by atomic mass is 16.5. The molecule has 1 fully saturated rings. The van der Waals surface area contributed by atoms with Crippen molar-refractivity contribution >= 4 is 11.9 Å². The molecule has 176 valence electrons. The number of nitrogens with zero attached hydrogens (tertiary/aromatic N) is 4. The Morgan fingerprint density at radius 1 is 1.00 bits per heavy atom. The summed E-state index contributed by atoms with van der Waals surface area (Å²) in [6, 6.07) is 15.7. The molecule has 3 aromatic rings. The van der Waals surface area contributed by atoms with Gasteiger partial charge in [0.25, 0.3) is 5.91 Å². The van der Waals surface area contributed by atoms with Crippen LogP contribution in [0, 0.1) is 19.8 Å². The van der Waals surface area contributed by atoms with Gasteiger partial charge in [0, 0.05) is 31.6 Å². The zero-order valence-corrected chi connectivity index (χ0v) is 20.3. The van der Waals surface area contributed by atoms with Crippen molar-refractivity contribution in [2.24, 2.45) is 5.92 Å². The number of aromatic nitrogens is 2. The van der Waals surface area contributed by atoms with Crippen LogP contribution in [-0.4, -0.2) is 40.4 Å². The van der Waals surface area contributed by atoms with Crippen LogP contribution in [0.3, 0.4) is 0 Å². The summed E-state index contributed by atoms with van der Waals surface area (Å²) < 4.78 is 6.35. The molecular weight excluding hydrogens is 424 g/mol. The van der Waals surface area contributed by atoms with Crippen LogP contribution in [0.25, 0.3) is 0 Å². The summed E-state index contributed by atoms with van der Waals surface area (Å²) >= 11 is 0. The van der Waals surface area contributed by atoms with E-state index in [1.54, 1.807) is 0 Å². The van der Waals surface area contributed by atoms with Crippen molar-refractivity contribution in [2.75, 3.05) is 24.5 Å². The van der Waals surface area contributed by atoms with Crippen molar-refractivity contribution in [3.05, 3.63) is 76.5 Å². The lowest BCUT2D eigenvalue weighted by molar-refractivity contribution is 0.0731. The van der Waals surface area contributed by atoms with Crippen molar-refractivity contribution in [3.63, 3.8) is 0 Å². The molecule has 2 aliphatic heterocycles. The molecule has 0 saturated carbocycles. The van der Waals surface area contributed by atoms with E-state index in [-0.39, 0.29) is 5.91 Å². The molecule has 6 heteroatoms. The summed E-state index contributed by atoms with van der Waals surface area (Å²) in [4.78, 5) is 27.3. The quantitative estimate of drug-likeness (QED) is 0.532. The average molecular weight is 457 g/mol. The lowest BCUT2D eigenvalue weighted by Crippen LogP contribution is -2.38. The number of hydrogen-bond acceptors (Lipinski definition) is 5. The number of carbonyl (C=O) groups excluding carboxylic acids is 1. The van der Waals surface area contributed by atoms with Gasteiger partial charge in [-0.25, -0.2) is 4.98 Å². The fourth-order valence-corrected chi connectivity index (χ4v) is 4.75. The summed E-state index contributed by atoms with van der Waals surface area (Å²) in [6.45, 7) is 9.33. The zero-order chi connectivity index (χ0) is 23.7. The molecule has 2 aliphatic rings. The van der Waals surface area contributed by atoms with Crippen LogP contribution in [0.4, 0.5) is 5.95 Å². The second-order valence-electron chi connectivity index (χ2n) is 9.63. The predicted molar refractivity (Wildman–Crippen MR) is 134 cm³/mol. The maximum absolute atomic E-state index is 13.3.